The van der Waals surface area contributed by atoms with Crippen molar-refractivity contribution in [2.24, 2.45) is 7.05 Å². The molecule has 2 heterocycles. The van der Waals surface area contributed by atoms with Crippen LogP contribution in [0.3, 0.4) is 0 Å². The molecule has 0 fully saturated rings. The fraction of sp³-hybridized carbons (Fsp3) is 0.300. The van der Waals surface area contributed by atoms with Gasteiger partial charge in [0.1, 0.15) is 5.82 Å². The van der Waals surface area contributed by atoms with E-state index in [1.165, 1.54) is 10.4 Å². The van der Waals surface area contributed by atoms with E-state index in [1.54, 1.807) is 11.3 Å². The molecule has 0 aliphatic rings. The van der Waals surface area contributed by atoms with Gasteiger partial charge in [-0.3, -0.25) is 4.68 Å². The van der Waals surface area contributed by atoms with Gasteiger partial charge in [0.15, 0.2) is 0 Å². The van der Waals surface area contributed by atoms with Crippen molar-refractivity contribution in [1.29, 1.82) is 0 Å². The maximum atomic E-state index is 4.17. The van der Waals surface area contributed by atoms with Gasteiger partial charge in [-0.05, 0) is 18.4 Å². The van der Waals surface area contributed by atoms with Gasteiger partial charge >= 0.3 is 0 Å². The van der Waals surface area contributed by atoms with E-state index in [0.29, 0.717) is 0 Å². The van der Waals surface area contributed by atoms with Crippen molar-refractivity contribution >= 4 is 17.2 Å². The molecule has 1 N–H and O–H groups in total. The predicted octanol–water partition coefficient (Wildman–Crippen LogP) is 2.40. The number of rotatable bonds is 3. The van der Waals surface area contributed by atoms with Gasteiger partial charge in [0.25, 0.3) is 0 Å². The summed E-state index contributed by atoms with van der Waals surface area (Å²) in [7, 11) is 1.95. The van der Waals surface area contributed by atoms with Crippen molar-refractivity contribution in [1.82, 2.24) is 9.78 Å². The highest BCUT2D eigenvalue weighted by Gasteiger charge is 2.03. The summed E-state index contributed by atoms with van der Waals surface area (Å²) < 4.78 is 1.86. The first kappa shape index (κ1) is 9.27. The summed E-state index contributed by atoms with van der Waals surface area (Å²) >= 11 is 1.76. The zero-order chi connectivity index (χ0) is 9.97. The van der Waals surface area contributed by atoms with Gasteiger partial charge in [-0.15, -0.1) is 11.3 Å². The first-order valence-corrected chi connectivity index (χ1v) is 5.40. The second-order valence-corrected chi connectivity index (χ2v) is 4.26. The van der Waals surface area contributed by atoms with Gasteiger partial charge in [-0.1, -0.05) is 6.07 Å². The summed E-state index contributed by atoms with van der Waals surface area (Å²) in [6, 6.07) is 4.20. The van der Waals surface area contributed by atoms with Crippen LogP contribution >= 0.6 is 11.3 Å². The van der Waals surface area contributed by atoms with Crippen LogP contribution in [0.1, 0.15) is 10.4 Å². The summed E-state index contributed by atoms with van der Waals surface area (Å²) in [5.74, 6) is 1.10. The number of hydrogen-bond donors (Lipinski definition) is 1. The van der Waals surface area contributed by atoms with Crippen molar-refractivity contribution in [2.45, 2.75) is 13.5 Å². The Bertz CT molecular complexity index is 383. The van der Waals surface area contributed by atoms with Crippen LogP contribution in [0.2, 0.25) is 0 Å². The Labute approximate surface area is 87.4 Å². The zero-order valence-electron chi connectivity index (χ0n) is 8.32. The molecule has 0 aromatic carbocycles. The molecule has 4 heteroatoms. The molecule has 0 atom stereocenters. The second kappa shape index (κ2) is 3.84. The highest BCUT2D eigenvalue weighted by Crippen LogP contribution is 2.15. The molecule has 0 unspecified atom stereocenters. The minimum atomic E-state index is 0.873. The molecule has 3 nitrogen and oxygen atoms in total. The molecule has 0 amide bonds. The number of nitrogens with one attached hydrogen (secondary N) is 1. The molecular weight excluding hydrogens is 194 g/mol. The third kappa shape index (κ3) is 1.80. The smallest absolute Gasteiger partial charge is 0.127 e. The third-order valence-electron chi connectivity index (χ3n) is 2.13. The van der Waals surface area contributed by atoms with E-state index in [2.05, 4.69) is 34.9 Å². The molecule has 0 spiro atoms. The molecule has 14 heavy (non-hydrogen) atoms. The van der Waals surface area contributed by atoms with Crippen molar-refractivity contribution in [3.8, 4) is 0 Å². The van der Waals surface area contributed by atoms with E-state index in [4.69, 9.17) is 0 Å². The van der Waals surface area contributed by atoms with Crippen LogP contribution in [0.5, 0.6) is 0 Å². The first-order valence-electron chi connectivity index (χ1n) is 4.52. The van der Waals surface area contributed by atoms with Crippen molar-refractivity contribution < 1.29 is 0 Å². The Morgan fingerprint density at radius 1 is 1.57 bits per heavy atom. The highest BCUT2D eigenvalue weighted by molar-refractivity contribution is 7.09. The van der Waals surface area contributed by atoms with Crippen LogP contribution in [0, 0.1) is 6.92 Å². The fourth-order valence-corrected chi connectivity index (χ4v) is 2.03. The van der Waals surface area contributed by atoms with Crippen LogP contribution in [0.15, 0.2) is 23.7 Å². The van der Waals surface area contributed by atoms with E-state index in [1.807, 2.05) is 17.9 Å². The van der Waals surface area contributed by atoms with Crippen LogP contribution in [-0.4, -0.2) is 9.78 Å². The van der Waals surface area contributed by atoms with E-state index in [9.17, 15) is 0 Å². The normalized spacial score (nSPS) is 10.4. The summed E-state index contributed by atoms with van der Waals surface area (Å²) in [6.07, 6.45) is 1.87. The average Bonchev–Trinajstić information content (AvgIpc) is 2.76. The van der Waals surface area contributed by atoms with Gasteiger partial charge in [-0.2, -0.15) is 5.10 Å². The first-order chi connectivity index (χ1) is 6.77. The van der Waals surface area contributed by atoms with Crippen LogP contribution in [0.4, 0.5) is 5.82 Å². The molecule has 0 bridgehead atoms. The number of nitrogens with zero attached hydrogens (tertiary/aromatic N) is 2. The van der Waals surface area contributed by atoms with Crippen LogP contribution in [-0.2, 0) is 13.6 Å². The number of hydrogen-bond acceptors (Lipinski definition) is 3. The maximum Gasteiger partial charge on any atom is 0.127 e. The Morgan fingerprint density at radius 2 is 2.43 bits per heavy atom. The van der Waals surface area contributed by atoms with Crippen molar-refractivity contribution in [3.05, 3.63) is 34.2 Å². The number of aromatic nitrogens is 2. The minimum absolute atomic E-state index is 0.873. The van der Waals surface area contributed by atoms with Crippen molar-refractivity contribution in [2.75, 3.05) is 5.32 Å². The molecule has 0 aliphatic heterocycles. The molecule has 0 saturated heterocycles. The fourth-order valence-electron chi connectivity index (χ4n) is 1.39. The lowest BCUT2D eigenvalue weighted by Crippen LogP contribution is -2.04. The Balaban J connectivity index is 2.05. The molecular formula is C10H13N3S. The summed E-state index contributed by atoms with van der Waals surface area (Å²) in [5.41, 5.74) is 1.18. The van der Waals surface area contributed by atoms with Gasteiger partial charge < -0.3 is 5.32 Å². The molecule has 2 rings (SSSR count). The average molecular weight is 207 g/mol. The van der Waals surface area contributed by atoms with E-state index < -0.39 is 0 Å². The lowest BCUT2D eigenvalue weighted by atomic mass is 10.3. The number of anilines is 1. The predicted molar refractivity (Wildman–Crippen MR) is 59.6 cm³/mol. The lowest BCUT2D eigenvalue weighted by Gasteiger charge is -2.05. The summed E-state index contributed by atoms with van der Waals surface area (Å²) in [6.45, 7) is 2.93. The maximum absolute atomic E-state index is 4.17. The molecule has 0 radical (unpaired) electrons. The molecule has 0 saturated carbocycles. The monoisotopic (exact) mass is 207 g/mol. The molecule has 2 aromatic rings. The Kier molecular flexibility index (Phi) is 2.54. The highest BCUT2D eigenvalue weighted by atomic mass is 32.1. The van der Waals surface area contributed by atoms with Gasteiger partial charge in [0, 0.05) is 17.5 Å². The van der Waals surface area contributed by atoms with Crippen LogP contribution in [0.25, 0.3) is 0 Å². The Morgan fingerprint density at radius 3 is 3.00 bits per heavy atom. The van der Waals surface area contributed by atoms with Gasteiger partial charge in [0.05, 0.1) is 12.7 Å². The standard InChI is InChI=1S/C10H13N3S/c1-8-6-12-13(2)10(8)11-7-9-4-3-5-14-9/h3-6,11H,7H2,1-2H3. The number of thiophene rings is 1. The van der Waals surface area contributed by atoms with E-state index in [-0.39, 0.29) is 0 Å². The minimum Gasteiger partial charge on any atom is -0.365 e. The number of aryl methyl sites for hydroxylation is 2. The van der Waals surface area contributed by atoms with Gasteiger partial charge in [-0.25, -0.2) is 0 Å². The summed E-state index contributed by atoms with van der Waals surface area (Å²) in [5, 5.41) is 9.64. The zero-order valence-corrected chi connectivity index (χ0v) is 9.14. The topological polar surface area (TPSA) is 29.9 Å². The van der Waals surface area contributed by atoms with E-state index in [0.717, 1.165) is 12.4 Å². The quantitative estimate of drug-likeness (QED) is 0.837. The molecule has 74 valence electrons. The lowest BCUT2D eigenvalue weighted by molar-refractivity contribution is 0.769. The SMILES string of the molecule is Cc1cnn(C)c1NCc1cccs1. The van der Waals surface area contributed by atoms with Gasteiger partial charge in [0.2, 0.25) is 0 Å². The summed E-state index contributed by atoms with van der Waals surface area (Å²) in [4.78, 5) is 1.34. The third-order valence-corrected chi connectivity index (χ3v) is 3.01. The second-order valence-electron chi connectivity index (χ2n) is 3.23. The largest absolute Gasteiger partial charge is 0.365 e. The van der Waals surface area contributed by atoms with E-state index >= 15 is 0 Å². The van der Waals surface area contributed by atoms with Crippen LogP contribution < -0.4 is 5.32 Å². The molecule has 2 aromatic heterocycles. The van der Waals surface area contributed by atoms with Crippen molar-refractivity contribution in [3.63, 3.8) is 0 Å². The Hall–Kier alpha value is -1.29. The molecule has 0 aliphatic carbocycles.